The second-order valence-electron chi connectivity index (χ2n) is 1.78. The van der Waals surface area contributed by atoms with E-state index in [0.717, 1.165) is 3.27 Å². The number of benzene rings is 1. The van der Waals surface area contributed by atoms with Gasteiger partial charge < -0.3 is 0 Å². The first-order valence-electron chi connectivity index (χ1n) is 2.68. The van der Waals surface area contributed by atoms with Gasteiger partial charge in [0.15, 0.2) is 0 Å². The molecule has 0 fully saturated rings. The van der Waals surface area contributed by atoms with Crippen LogP contribution in [0.25, 0.3) is 0 Å². The summed E-state index contributed by atoms with van der Waals surface area (Å²) in [5.41, 5.74) is 0. The topological polar surface area (TPSA) is 20.2 Å². The molecule has 0 aliphatic rings. The molecule has 10 heavy (non-hydrogen) atoms. The summed E-state index contributed by atoms with van der Waals surface area (Å²) in [5.74, 6) is 0.224. The van der Waals surface area contributed by atoms with Crippen LogP contribution in [0.3, 0.4) is 0 Å². The molecule has 0 bridgehead atoms. The normalized spacial score (nSPS) is 9.40. The van der Waals surface area contributed by atoms with Crippen LogP contribution >= 0.6 is 17.0 Å². The van der Waals surface area contributed by atoms with Crippen molar-refractivity contribution in [3.05, 3.63) is 24.3 Å². The summed E-state index contributed by atoms with van der Waals surface area (Å²) in [5, 5.41) is 9.16. The number of phenols is 1. The van der Waals surface area contributed by atoms with Crippen LogP contribution in [-0.2, 0) is 19.4 Å². The average Bonchev–Trinajstić information content (AvgIpc) is 1.88. The zero-order chi connectivity index (χ0) is 7.56. The molecular formula is C6H5Cl2OZr. The van der Waals surface area contributed by atoms with E-state index in [4.69, 9.17) is 22.1 Å². The third-order valence-electron chi connectivity index (χ3n) is 1.11. The molecule has 53 valence electrons. The number of rotatable bonds is 1. The molecule has 0 radical (unpaired) electrons. The monoisotopic (exact) mass is 253 g/mol. The Bertz CT molecular complexity index is 227. The van der Waals surface area contributed by atoms with Crippen LogP contribution in [0.5, 0.6) is 5.75 Å². The SMILES string of the molecule is Oc1cccc[c]1[Zr]([Cl])[Cl]. The molecule has 0 amide bonds. The summed E-state index contributed by atoms with van der Waals surface area (Å²) in [7, 11) is 11.4. The van der Waals surface area contributed by atoms with Gasteiger partial charge in [-0.15, -0.1) is 0 Å². The molecule has 1 rings (SSSR count). The molecule has 0 atom stereocenters. The van der Waals surface area contributed by atoms with Crippen LogP contribution in [0.2, 0.25) is 0 Å². The molecule has 1 aromatic carbocycles. The van der Waals surface area contributed by atoms with Crippen molar-refractivity contribution >= 4 is 20.3 Å². The minimum atomic E-state index is -2.38. The van der Waals surface area contributed by atoms with Gasteiger partial charge in [-0.1, -0.05) is 0 Å². The first kappa shape index (κ1) is 8.58. The fraction of sp³-hybridized carbons (Fsp3) is 0. The van der Waals surface area contributed by atoms with Crippen molar-refractivity contribution in [3.8, 4) is 5.75 Å². The van der Waals surface area contributed by atoms with Crippen molar-refractivity contribution in [3.63, 3.8) is 0 Å². The Balaban J connectivity index is 3.03. The van der Waals surface area contributed by atoms with Gasteiger partial charge in [-0.3, -0.25) is 0 Å². The molecule has 0 spiro atoms. The van der Waals surface area contributed by atoms with Crippen molar-refractivity contribution < 1.29 is 24.5 Å². The van der Waals surface area contributed by atoms with E-state index in [-0.39, 0.29) is 5.75 Å². The van der Waals surface area contributed by atoms with E-state index in [1.54, 1.807) is 18.2 Å². The standard InChI is InChI=1S/C6H5O.2ClH.Zr/c7-6-4-2-1-3-5-6;;;/h1-4,7H;2*1H;/q;;;+2/p-2. The molecule has 0 aromatic heterocycles. The second kappa shape index (κ2) is 3.75. The zero-order valence-electron chi connectivity index (χ0n) is 5.01. The van der Waals surface area contributed by atoms with Crippen LogP contribution in [0, 0.1) is 0 Å². The number of phenolic OH excluding ortho intramolecular Hbond substituents is 1. The number of halogens is 2. The predicted octanol–water partition coefficient (Wildman–Crippen LogP) is 1.94. The van der Waals surface area contributed by atoms with Gasteiger partial charge in [0.1, 0.15) is 0 Å². The van der Waals surface area contributed by atoms with Crippen LogP contribution in [0.4, 0.5) is 0 Å². The molecule has 0 aliphatic heterocycles. The van der Waals surface area contributed by atoms with Gasteiger partial charge in [0.05, 0.1) is 0 Å². The Kier molecular flexibility index (Phi) is 3.22. The summed E-state index contributed by atoms with van der Waals surface area (Å²) in [6, 6.07) is 6.93. The van der Waals surface area contributed by atoms with Crippen molar-refractivity contribution in [1.29, 1.82) is 0 Å². The number of hydrogen-bond donors (Lipinski definition) is 1. The fourth-order valence-corrected chi connectivity index (χ4v) is 3.75. The quantitative estimate of drug-likeness (QED) is 0.813. The predicted molar refractivity (Wildman–Crippen MR) is 39.4 cm³/mol. The fourth-order valence-electron chi connectivity index (χ4n) is 0.633. The third kappa shape index (κ3) is 1.98. The van der Waals surface area contributed by atoms with Gasteiger partial charge >= 0.3 is 74.8 Å². The zero-order valence-corrected chi connectivity index (χ0v) is 8.98. The molecule has 1 nitrogen and oxygen atoms in total. The molecule has 0 saturated carbocycles. The van der Waals surface area contributed by atoms with Crippen molar-refractivity contribution in [2.45, 2.75) is 0 Å². The van der Waals surface area contributed by atoms with Crippen LogP contribution in [0.1, 0.15) is 0 Å². The maximum absolute atomic E-state index is 9.16. The van der Waals surface area contributed by atoms with E-state index in [1.165, 1.54) is 0 Å². The summed E-state index contributed by atoms with van der Waals surface area (Å²) in [6.45, 7) is 0. The molecule has 4 heteroatoms. The van der Waals surface area contributed by atoms with Gasteiger partial charge in [-0.05, 0) is 0 Å². The number of para-hydroxylation sites is 1. The number of hydrogen-bond acceptors (Lipinski definition) is 1. The Hall–Kier alpha value is 0.483. The summed E-state index contributed by atoms with van der Waals surface area (Å²) in [4.78, 5) is 0. The summed E-state index contributed by atoms with van der Waals surface area (Å²) >= 11 is -2.38. The molecule has 0 heterocycles. The molecular weight excluding hydrogens is 250 g/mol. The van der Waals surface area contributed by atoms with E-state index in [9.17, 15) is 0 Å². The van der Waals surface area contributed by atoms with E-state index in [0.29, 0.717) is 0 Å². The summed E-state index contributed by atoms with van der Waals surface area (Å²) < 4.78 is 0.744. The van der Waals surface area contributed by atoms with Crippen LogP contribution in [-0.4, -0.2) is 5.11 Å². The molecule has 0 saturated heterocycles. The van der Waals surface area contributed by atoms with E-state index < -0.39 is 19.4 Å². The first-order valence-corrected chi connectivity index (χ1v) is 10.2. The van der Waals surface area contributed by atoms with Crippen molar-refractivity contribution in [2.24, 2.45) is 0 Å². The Morgan fingerprint density at radius 1 is 1.20 bits per heavy atom. The Labute approximate surface area is 74.4 Å². The van der Waals surface area contributed by atoms with Crippen molar-refractivity contribution in [1.82, 2.24) is 0 Å². The molecule has 1 N–H and O–H groups in total. The van der Waals surface area contributed by atoms with E-state index in [1.807, 2.05) is 6.07 Å². The Morgan fingerprint density at radius 2 is 1.80 bits per heavy atom. The second-order valence-corrected chi connectivity index (χ2v) is 10.00. The molecule has 1 aromatic rings. The van der Waals surface area contributed by atoms with Crippen LogP contribution in [0.15, 0.2) is 24.3 Å². The minimum absolute atomic E-state index is 0.224. The van der Waals surface area contributed by atoms with Crippen molar-refractivity contribution in [2.75, 3.05) is 0 Å². The first-order chi connectivity index (χ1) is 4.72. The number of aromatic hydroxyl groups is 1. The van der Waals surface area contributed by atoms with Crippen LogP contribution < -0.4 is 3.27 Å². The van der Waals surface area contributed by atoms with E-state index >= 15 is 0 Å². The van der Waals surface area contributed by atoms with Gasteiger partial charge in [0.25, 0.3) is 0 Å². The van der Waals surface area contributed by atoms with Gasteiger partial charge in [0.2, 0.25) is 0 Å². The maximum atomic E-state index is 9.16. The third-order valence-corrected chi connectivity index (χ3v) is 5.56. The summed E-state index contributed by atoms with van der Waals surface area (Å²) in [6.07, 6.45) is 0. The van der Waals surface area contributed by atoms with Gasteiger partial charge in [-0.2, -0.15) is 0 Å². The average molecular weight is 255 g/mol. The van der Waals surface area contributed by atoms with Gasteiger partial charge in [0, 0.05) is 0 Å². The van der Waals surface area contributed by atoms with Gasteiger partial charge in [-0.25, -0.2) is 0 Å². The van der Waals surface area contributed by atoms with E-state index in [2.05, 4.69) is 0 Å². The Morgan fingerprint density at radius 3 is 2.20 bits per heavy atom. The molecule has 0 aliphatic carbocycles. The molecule has 0 unspecified atom stereocenters.